The molecule has 1 aliphatic carbocycles. The van der Waals surface area contributed by atoms with Crippen molar-refractivity contribution in [2.24, 2.45) is 0 Å². The lowest BCUT2D eigenvalue weighted by molar-refractivity contribution is -0.133. The van der Waals surface area contributed by atoms with Gasteiger partial charge in [-0.3, -0.25) is 9.59 Å². The highest BCUT2D eigenvalue weighted by Gasteiger charge is 2.62. The maximum Gasteiger partial charge on any atom is 0.231 e. The number of carbonyl (C=O) groups is 2. The van der Waals surface area contributed by atoms with Crippen molar-refractivity contribution in [1.29, 1.82) is 0 Å². The number of benzene rings is 1. The summed E-state index contributed by atoms with van der Waals surface area (Å²) >= 11 is 0. The Kier molecular flexibility index (Phi) is 3.55. The smallest absolute Gasteiger partial charge is 0.231 e. The molecule has 0 unspecified atom stereocenters. The maximum atomic E-state index is 12.8. The average molecular weight is 322 g/mol. The summed E-state index contributed by atoms with van der Waals surface area (Å²) in [4.78, 5) is 25.1. The number of Topliss-reactive ketones (excluding diaryl/α,β-unsaturated/α-hetero) is 2. The zero-order valence-electron chi connectivity index (χ0n) is 13.1. The molecule has 0 radical (unpaired) electrons. The first-order valence-corrected chi connectivity index (χ1v) is 6.85. The number of phenolic OH excluding ortho intramolecular Hbond substituents is 2. The molecule has 7 nitrogen and oxygen atoms in total. The second-order valence-corrected chi connectivity index (χ2v) is 5.88. The van der Waals surface area contributed by atoms with Crippen LogP contribution in [-0.4, -0.2) is 44.1 Å². The van der Waals surface area contributed by atoms with Crippen molar-refractivity contribution in [3.63, 3.8) is 0 Å². The maximum absolute atomic E-state index is 12.8. The van der Waals surface area contributed by atoms with Crippen LogP contribution in [0.2, 0.25) is 0 Å². The molecule has 23 heavy (non-hydrogen) atoms. The van der Waals surface area contributed by atoms with Gasteiger partial charge in [0, 0.05) is 0 Å². The van der Waals surface area contributed by atoms with Gasteiger partial charge in [-0.15, -0.1) is 0 Å². The van der Waals surface area contributed by atoms with Crippen LogP contribution in [0.4, 0.5) is 0 Å². The van der Waals surface area contributed by atoms with Gasteiger partial charge in [0.15, 0.2) is 17.6 Å². The lowest BCUT2D eigenvalue weighted by Gasteiger charge is -2.35. The number of hydrogen-bond acceptors (Lipinski definition) is 6. The van der Waals surface area contributed by atoms with Crippen LogP contribution in [0.3, 0.4) is 0 Å². The van der Waals surface area contributed by atoms with Gasteiger partial charge in [0.1, 0.15) is 0 Å². The second-order valence-electron chi connectivity index (χ2n) is 5.88. The Morgan fingerprint density at radius 2 is 1.52 bits per heavy atom. The molecule has 0 bridgehead atoms. The fourth-order valence-electron chi connectivity index (χ4n) is 3.13. The quantitative estimate of drug-likeness (QED) is 0.469. The van der Waals surface area contributed by atoms with Crippen LogP contribution in [0.25, 0.3) is 0 Å². The number of hydrogen-bond donors (Lipinski definition) is 3. The lowest BCUT2D eigenvalue weighted by atomic mass is 9.81. The summed E-state index contributed by atoms with van der Waals surface area (Å²) in [7, 11) is 0. The molecule has 1 heterocycles. The molecule has 1 aromatic rings. The van der Waals surface area contributed by atoms with Crippen molar-refractivity contribution >= 4 is 11.6 Å². The Morgan fingerprint density at radius 1 is 0.957 bits per heavy atom. The van der Waals surface area contributed by atoms with Crippen molar-refractivity contribution in [2.45, 2.75) is 39.4 Å². The van der Waals surface area contributed by atoms with E-state index in [0.717, 1.165) is 0 Å². The van der Waals surface area contributed by atoms with Crippen LogP contribution < -0.4 is 4.74 Å². The van der Waals surface area contributed by atoms with E-state index in [1.807, 2.05) is 0 Å². The van der Waals surface area contributed by atoms with E-state index >= 15 is 0 Å². The fraction of sp³-hybridized carbons (Fsp3) is 0.375. The van der Waals surface area contributed by atoms with Gasteiger partial charge in [-0.2, -0.15) is 0 Å². The van der Waals surface area contributed by atoms with E-state index in [1.54, 1.807) is 13.8 Å². The van der Waals surface area contributed by atoms with Gasteiger partial charge in [-0.25, -0.2) is 0 Å². The van der Waals surface area contributed by atoms with E-state index in [4.69, 9.17) is 4.74 Å². The van der Waals surface area contributed by atoms with Crippen LogP contribution in [0.1, 0.15) is 35.3 Å². The van der Waals surface area contributed by atoms with Crippen LogP contribution in [-0.2, 0) is 4.79 Å². The third-order valence-corrected chi connectivity index (χ3v) is 4.82. The van der Waals surface area contributed by atoms with E-state index in [2.05, 4.69) is 0 Å². The van der Waals surface area contributed by atoms with Crippen LogP contribution in [0, 0.1) is 13.8 Å². The van der Waals surface area contributed by atoms with Gasteiger partial charge < -0.3 is 25.5 Å². The molecule has 0 fully saturated rings. The molecule has 124 valence electrons. The van der Waals surface area contributed by atoms with Crippen molar-refractivity contribution in [3.8, 4) is 17.2 Å². The summed E-state index contributed by atoms with van der Waals surface area (Å²) in [5.74, 6) is -2.62. The molecule has 0 amide bonds. The van der Waals surface area contributed by atoms with E-state index in [0.29, 0.717) is 16.7 Å². The molecule has 2 aliphatic rings. The number of phenols is 2. The van der Waals surface area contributed by atoms with E-state index in [1.165, 1.54) is 13.8 Å². The third kappa shape index (κ3) is 1.71. The standard InChI is InChI=1S/C16H16O6.H2O/c1-5-6(2)10(17)11(18)12-9(5)14(20)16(21)13(19)7(3)8(4)15(16)22-12;/h15,17-18,21H,1-4H3;1H2/t15-,16+;/m0./s1. The Hall–Kier alpha value is -2.38. The summed E-state index contributed by atoms with van der Waals surface area (Å²) in [6.07, 6.45) is -1.19. The Bertz CT molecular complexity index is 790. The number of rotatable bonds is 0. The Morgan fingerprint density at radius 3 is 2.09 bits per heavy atom. The number of fused-ring (bicyclic) bond motifs is 2. The van der Waals surface area contributed by atoms with Gasteiger partial charge in [0.05, 0.1) is 5.56 Å². The molecule has 3 rings (SSSR count). The minimum atomic E-state index is -2.30. The van der Waals surface area contributed by atoms with Crippen LogP contribution in [0.15, 0.2) is 11.1 Å². The van der Waals surface area contributed by atoms with Crippen molar-refractivity contribution < 1.29 is 35.1 Å². The minimum Gasteiger partial charge on any atom is -0.504 e. The predicted octanol–water partition coefficient (Wildman–Crippen LogP) is 0.484. The minimum absolute atomic E-state index is 0. The first-order chi connectivity index (χ1) is 10.1. The van der Waals surface area contributed by atoms with E-state index in [-0.39, 0.29) is 28.1 Å². The monoisotopic (exact) mass is 322 g/mol. The number of aromatic hydroxyl groups is 2. The molecule has 0 saturated heterocycles. The highest BCUT2D eigenvalue weighted by atomic mass is 16.5. The summed E-state index contributed by atoms with van der Waals surface area (Å²) < 4.78 is 5.57. The highest BCUT2D eigenvalue weighted by molar-refractivity contribution is 6.27. The molecule has 0 spiro atoms. The van der Waals surface area contributed by atoms with Crippen LogP contribution >= 0.6 is 0 Å². The van der Waals surface area contributed by atoms with Crippen molar-refractivity contribution in [2.75, 3.05) is 0 Å². The van der Waals surface area contributed by atoms with Gasteiger partial charge in [-0.1, -0.05) is 0 Å². The summed E-state index contributed by atoms with van der Waals surface area (Å²) in [5.41, 5.74) is -1.01. The van der Waals surface area contributed by atoms with Crippen molar-refractivity contribution in [3.05, 3.63) is 27.8 Å². The molecule has 1 aromatic carbocycles. The van der Waals surface area contributed by atoms with Crippen molar-refractivity contribution in [1.82, 2.24) is 0 Å². The highest BCUT2D eigenvalue weighted by Crippen LogP contribution is 2.51. The number of aliphatic hydroxyl groups is 1. The van der Waals surface area contributed by atoms with Crippen LogP contribution in [0.5, 0.6) is 17.2 Å². The summed E-state index contributed by atoms with van der Waals surface area (Å²) in [6, 6.07) is 0. The number of ether oxygens (including phenoxy) is 1. The predicted molar refractivity (Wildman–Crippen MR) is 79.9 cm³/mol. The Balaban J connectivity index is 0.00000192. The molecule has 0 saturated carbocycles. The van der Waals surface area contributed by atoms with Gasteiger partial charge in [0.25, 0.3) is 0 Å². The molecular formula is C16H18O7. The number of carbonyl (C=O) groups excluding carboxylic acids is 2. The summed E-state index contributed by atoms with van der Waals surface area (Å²) in [6.45, 7) is 6.20. The van der Waals surface area contributed by atoms with Gasteiger partial charge >= 0.3 is 0 Å². The Labute approximate surface area is 132 Å². The first-order valence-electron chi connectivity index (χ1n) is 6.85. The van der Waals surface area contributed by atoms with Gasteiger partial charge in [0.2, 0.25) is 22.9 Å². The number of ketones is 2. The molecule has 1 aliphatic heterocycles. The third-order valence-electron chi connectivity index (χ3n) is 4.82. The molecule has 0 aromatic heterocycles. The topological polar surface area (TPSA) is 136 Å². The summed E-state index contributed by atoms with van der Waals surface area (Å²) in [5, 5.41) is 30.7. The normalized spacial score (nSPS) is 25.7. The van der Waals surface area contributed by atoms with E-state index in [9.17, 15) is 24.9 Å². The van der Waals surface area contributed by atoms with Gasteiger partial charge in [-0.05, 0) is 50.0 Å². The zero-order chi connectivity index (χ0) is 16.6. The second kappa shape index (κ2) is 4.81. The average Bonchev–Trinajstić information content (AvgIpc) is 2.66. The largest absolute Gasteiger partial charge is 0.504 e. The zero-order valence-corrected chi connectivity index (χ0v) is 13.1. The molecule has 7 heteroatoms. The lowest BCUT2D eigenvalue weighted by Crippen LogP contribution is -2.57. The molecule has 2 atom stereocenters. The SMILES string of the molecule is CC1=C(C)[C@@H]2Oc3c(O)c(O)c(C)c(C)c3C(=O)[C@]2(O)C1=O.O. The molecular weight excluding hydrogens is 304 g/mol. The first kappa shape index (κ1) is 17.0. The fourth-order valence-corrected chi connectivity index (χ4v) is 3.13. The molecule has 5 N–H and O–H groups in total. The van der Waals surface area contributed by atoms with E-state index < -0.39 is 29.0 Å².